The van der Waals surface area contributed by atoms with Crippen LogP contribution in [0.25, 0.3) is 0 Å². The fraction of sp³-hybridized carbons (Fsp3) is 0.882. The number of alkyl halides is 3. The third kappa shape index (κ3) is 14.7. The highest BCUT2D eigenvalue weighted by Crippen LogP contribution is 2.18. The Labute approximate surface area is 154 Å². The van der Waals surface area contributed by atoms with Crippen molar-refractivity contribution < 1.29 is 22.7 Å². The molecule has 0 saturated heterocycles. The van der Waals surface area contributed by atoms with Crippen LogP contribution in [0.15, 0.2) is 4.99 Å². The molecular weight excluding hydrogens is 349 g/mol. The Morgan fingerprint density at radius 3 is 2.31 bits per heavy atom. The molecule has 0 saturated carbocycles. The largest absolute Gasteiger partial charge is 0.444 e. The van der Waals surface area contributed by atoms with Gasteiger partial charge in [0.25, 0.3) is 0 Å². The molecule has 0 aliphatic heterocycles. The monoisotopic (exact) mass is 382 g/mol. The van der Waals surface area contributed by atoms with Crippen molar-refractivity contribution >= 4 is 12.1 Å². The van der Waals surface area contributed by atoms with E-state index in [4.69, 9.17) is 4.74 Å². The van der Waals surface area contributed by atoms with Crippen molar-refractivity contribution in [1.82, 2.24) is 16.0 Å². The summed E-state index contributed by atoms with van der Waals surface area (Å²) in [6.45, 7) is 9.67. The van der Waals surface area contributed by atoms with E-state index >= 15 is 0 Å². The summed E-state index contributed by atoms with van der Waals surface area (Å²) >= 11 is 0. The normalized spacial score (nSPS) is 13.9. The van der Waals surface area contributed by atoms with Gasteiger partial charge in [-0.1, -0.05) is 19.8 Å². The Hall–Kier alpha value is -1.67. The van der Waals surface area contributed by atoms with Gasteiger partial charge in [0, 0.05) is 19.1 Å². The number of nitrogens with one attached hydrogen (secondary N) is 3. The van der Waals surface area contributed by atoms with Crippen LogP contribution in [0.2, 0.25) is 0 Å². The molecule has 0 aromatic heterocycles. The summed E-state index contributed by atoms with van der Waals surface area (Å²) in [6, 6.07) is -0.161. The fourth-order valence-electron chi connectivity index (χ4n) is 2.00. The first-order valence-electron chi connectivity index (χ1n) is 9.05. The van der Waals surface area contributed by atoms with Gasteiger partial charge < -0.3 is 20.7 Å². The third-order valence-electron chi connectivity index (χ3n) is 3.15. The highest BCUT2D eigenvalue weighted by molar-refractivity contribution is 5.80. The summed E-state index contributed by atoms with van der Waals surface area (Å²) in [4.78, 5) is 15.8. The second kappa shape index (κ2) is 11.9. The molecule has 0 radical (unpaired) electrons. The van der Waals surface area contributed by atoms with E-state index in [0.29, 0.717) is 19.0 Å². The van der Waals surface area contributed by atoms with Gasteiger partial charge >= 0.3 is 12.3 Å². The number of alkyl carbamates (subject to hydrolysis) is 1. The van der Waals surface area contributed by atoms with Crippen LogP contribution >= 0.6 is 0 Å². The van der Waals surface area contributed by atoms with E-state index in [2.05, 4.69) is 20.9 Å². The highest BCUT2D eigenvalue weighted by atomic mass is 19.4. The van der Waals surface area contributed by atoms with Crippen molar-refractivity contribution in [2.24, 2.45) is 4.99 Å². The Morgan fingerprint density at radius 2 is 1.81 bits per heavy atom. The van der Waals surface area contributed by atoms with E-state index in [1.165, 1.54) is 0 Å². The zero-order chi connectivity index (χ0) is 20.2. The number of guanidine groups is 1. The molecule has 26 heavy (non-hydrogen) atoms. The smallest absolute Gasteiger partial charge is 0.407 e. The third-order valence-corrected chi connectivity index (χ3v) is 3.15. The average Bonchev–Trinajstić information content (AvgIpc) is 2.47. The Balaban J connectivity index is 4.74. The molecule has 0 bridgehead atoms. The van der Waals surface area contributed by atoms with Crippen LogP contribution in [0.3, 0.4) is 0 Å². The predicted molar refractivity (Wildman–Crippen MR) is 97.3 cm³/mol. The number of carbonyl (C=O) groups excluding carboxylic acids is 1. The molecule has 0 rings (SSSR count). The van der Waals surface area contributed by atoms with Crippen LogP contribution in [0, 0.1) is 0 Å². The topological polar surface area (TPSA) is 74.8 Å². The second-order valence-corrected chi connectivity index (χ2v) is 6.99. The standard InChI is InChI=1S/C17H33F3N4O2/c1-6-8-9-13(12-23-15(25)26-16(3,4)5)24-14(21-7-2)22-11-10-17(18,19)20/h13H,6-12H2,1-5H3,(H,23,25)(H2,21,22,24). The minimum absolute atomic E-state index is 0.161. The first-order valence-corrected chi connectivity index (χ1v) is 9.05. The lowest BCUT2D eigenvalue weighted by atomic mass is 10.1. The molecule has 0 aliphatic rings. The van der Waals surface area contributed by atoms with Crippen molar-refractivity contribution in [3.8, 4) is 0 Å². The predicted octanol–water partition coefficient (Wildman–Crippen LogP) is 3.58. The summed E-state index contributed by atoms with van der Waals surface area (Å²) in [6.07, 6.45) is -3.11. The van der Waals surface area contributed by atoms with Crippen molar-refractivity contribution in [3.63, 3.8) is 0 Å². The molecule has 6 nitrogen and oxygen atoms in total. The summed E-state index contributed by atoms with van der Waals surface area (Å²) in [5.41, 5.74) is -0.593. The number of hydrogen-bond donors (Lipinski definition) is 3. The maximum atomic E-state index is 12.3. The number of amides is 1. The first kappa shape index (κ1) is 24.3. The van der Waals surface area contributed by atoms with Crippen LogP contribution in [0.1, 0.15) is 60.3 Å². The molecule has 0 fully saturated rings. The van der Waals surface area contributed by atoms with Crippen molar-refractivity contribution in [3.05, 3.63) is 0 Å². The first-order chi connectivity index (χ1) is 12.0. The molecule has 0 aromatic rings. The molecule has 1 atom stereocenters. The van der Waals surface area contributed by atoms with Gasteiger partial charge in [0.2, 0.25) is 0 Å². The van der Waals surface area contributed by atoms with Gasteiger partial charge in [-0.3, -0.25) is 4.99 Å². The number of unbranched alkanes of at least 4 members (excludes halogenated alkanes) is 1. The number of carbonyl (C=O) groups is 1. The Morgan fingerprint density at radius 1 is 1.15 bits per heavy atom. The summed E-state index contributed by atoms with van der Waals surface area (Å²) in [7, 11) is 0. The van der Waals surface area contributed by atoms with Gasteiger partial charge in [-0.05, 0) is 34.1 Å². The quantitative estimate of drug-likeness (QED) is 0.421. The van der Waals surface area contributed by atoms with Gasteiger partial charge in [0.05, 0.1) is 13.0 Å². The van der Waals surface area contributed by atoms with Crippen LogP contribution in [-0.4, -0.2) is 49.5 Å². The van der Waals surface area contributed by atoms with E-state index in [1.54, 1.807) is 20.8 Å². The number of hydrogen-bond acceptors (Lipinski definition) is 3. The Kier molecular flexibility index (Phi) is 11.1. The lowest BCUT2D eigenvalue weighted by Gasteiger charge is -2.24. The number of halogens is 3. The lowest BCUT2D eigenvalue weighted by Crippen LogP contribution is -2.49. The highest BCUT2D eigenvalue weighted by Gasteiger charge is 2.26. The fourth-order valence-corrected chi connectivity index (χ4v) is 2.00. The molecule has 1 unspecified atom stereocenters. The number of ether oxygens (including phenoxy) is 1. The minimum atomic E-state index is -4.24. The molecule has 154 valence electrons. The molecule has 0 aromatic carbocycles. The summed E-state index contributed by atoms with van der Waals surface area (Å²) in [5.74, 6) is 0.309. The molecular formula is C17H33F3N4O2. The Bertz CT molecular complexity index is 435. The average molecular weight is 382 g/mol. The summed E-state index contributed by atoms with van der Waals surface area (Å²) < 4.78 is 42.1. The van der Waals surface area contributed by atoms with Gasteiger partial charge in [0.15, 0.2) is 5.96 Å². The van der Waals surface area contributed by atoms with Gasteiger partial charge in [-0.2, -0.15) is 13.2 Å². The molecule has 1 amide bonds. The van der Waals surface area contributed by atoms with E-state index in [0.717, 1.165) is 19.3 Å². The minimum Gasteiger partial charge on any atom is -0.444 e. The summed E-state index contributed by atoms with van der Waals surface area (Å²) in [5, 5.41) is 8.71. The molecule has 0 spiro atoms. The lowest BCUT2D eigenvalue weighted by molar-refractivity contribution is -0.132. The molecule has 0 aliphatic carbocycles. The molecule has 9 heteroatoms. The number of rotatable bonds is 9. The van der Waals surface area contributed by atoms with E-state index in [-0.39, 0.29) is 12.6 Å². The molecule has 0 heterocycles. The number of nitrogens with zero attached hydrogens (tertiary/aromatic N) is 1. The maximum absolute atomic E-state index is 12.3. The van der Waals surface area contributed by atoms with Crippen LogP contribution in [0.5, 0.6) is 0 Å². The van der Waals surface area contributed by atoms with Crippen LogP contribution in [-0.2, 0) is 4.74 Å². The van der Waals surface area contributed by atoms with Crippen molar-refractivity contribution in [2.45, 2.75) is 78.1 Å². The molecule has 3 N–H and O–H groups in total. The SMILES string of the molecule is CCCCC(CNC(=O)OC(C)(C)C)NC(=NCCC(F)(F)F)NCC. The van der Waals surface area contributed by atoms with E-state index < -0.39 is 24.3 Å². The van der Waals surface area contributed by atoms with Gasteiger partial charge in [-0.15, -0.1) is 0 Å². The zero-order valence-electron chi connectivity index (χ0n) is 16.4. The van der Waals surface area contributed by atoms with Crippen LogP contribution in [0.4, 0.5) is 18.0 Å². The second-order valence-electron chi connectivity index (χ2n) is 6.99. The van der Waals surface area contributed by atoms with Crippen LogP contribution < -0.4 is 16.0 Å². The van der Waals surface area contributed by atoms with Crippen molar-refractivity contribution in [1.29, 1.82) is 0 Å². The van der Waals surface area contributed by atoms with Gasteiger partial charge in [-0.25, -0.2) is 4.79 Å². The van der Waals surface area contributed by atoms with E-state index in [9.17, 15) is 18.0 Å². The zero-order valence-corrected chi connectivity index (χ0v) is 16.4. The van der Waals surface area contributed by atoms with Gasteiger partial charge in [0.1, 0.15) is 5.60 Å². The maximum Gasteiger partial charge on any atom is 0.407 e. The van der Waals surface area contributed by atoms with E-state index in [1.807, 2.05) is 13.8 Å². The van der Waals surface area contributed by atoms with Crippen molar-refractivity contribution in [2.75, 3.05) is 19.6 Å². The number of aliphatic imine (C=N–C) groups is 1.